The Hall–Kier alpha value is -3.86. The maximum absolute atomic E-state index is 12.7. The number of rotatable bonds is 7. The molecule has 4 aromatic rings. The van der Waals surface area contributed by atoms with Crippen molar-refractivity contribution in [1.29, 1.82) is 0 Å². The van der Waals surface area contributed by atoms with Crippen LogP contribution in [0.15, 0.2) is 59.1 Å². The summed E-state index contributed by atoms with van der Waals surface area (Å²) in [4.78, 5) is 15.0. The quantitative estimate of drug-likeness (QED) is 0.376. The van der Waals surface area contributed by atoms with E-state index in [4.69, 9.17) is 4.42 Å². The number of fused-ring (bicyclic) bond motifs is 1. The summed E-state index contributed by atoms with van der Waals surface area (Å²) < 4.78 is 48.6. The number of aromatic nitrogens is 3. The van der Waals surface area contributed by atoms with Gasteiger partial charge in [-0.25, -0.2) is 0 Å². The molecule has 36 heavy (non-hydrogen) atoms. The Morgan fingerprint density at radius 2 is 1.78 bits per heavy atom. The highest BCUT2D eigenvalue weighted by Gasteiger charge is 2.31. The molecular weight excluding hydrogens is 475 g/mol. The lowest BCUT2D eigenvalue weighted by molar-refractivity contribution is -0.274. The summed E-state index contributed by atoms with van der Waals surface area (Å²) in [5.74, 6) is 0.237. The molecule has 1 saturated heterocycles. The molecule has 11 heteroatoms. The third-order valence-electron chi connectivity index (χ3n) is 5.98. The van der Waals surface area contributed by atoms with Gasteiger partial charge in [0.1, 0.15) is 12.3 Å². The van der Waals surface area contributed by atoms with Gasteiger partial charge in [0.15, 0.2) is 0 Å². The van der Waals surface area contributed by atoms with E-state index in [2.05, 4.69) is 25.2 Å². The molecule has 1 aliphatic rings. The predicted molar refractivity (Wildman–Crippen MR) is 126 cm³/mol. The second kappa shape index (κ2) is 10.0. The van der Waals surface area contributed by atoms with Crippen LogP contribution in [0.5, 0.6) is 5.75 Å². The van der Waals surface area contributed by atoms with Crippen LogP contribution >= 0.6 is 0 Å². The fourth-order valence-corrected chi connectivity index (χ4v) is 4.38. The Kier molecular flexibility index (Phi) is 6.64. The van der Waals surface area contributed by atoms with Crippen molar-refractivity contribution in [2.75, 3.05) is 18.4 Å². The van der Waals surface area contributed by atoms with Crippen molar-refractivity contribution < 1.29 is 27.1 Å². The van der Waals surface area contributed by atoms with Gasteiger partial charge >= 0.3 is 6.36 Å². The van der Waals surface area contributed by atoms with Gasteiger partial charge in [-0.3, -0.25) is 9.69 Å². The first-order chi connectivity index (χ1) is 17.3. The Labute approximate surface area is 204 Å². The zero-order valence-corrected chi connectivity index (χ0v) is 19.3. The maximum Gasteiger partial charge on any atom is 0.573 e. The summed E-state index contributed by atoms with van der Waals surface area (Å²) in [6.07, 6.45) is 0.605. The summed E-state index contributed by atoms with van der Waals surface area (Å²) in [5.41, 5.74) is 1.89. The number of hydrogen-bond donors (Lipinski definition) is 1. The fourth-order valence-electron chi connectivity index (χ4n) is 4.38. The van der Waals surface area contributed by atoms with E-state index in [0.717, 1.165) is 41.7 Å². The molecule has 5 rings (SSSR count). The second-order valence-corrected chi connectivity index (χ2v) is 8.65. The smallest absolute Gasteiger partial charge is 0.419 e. The van der Waals surface area contributed by atoms with Crippen LogP contribution in [0.1, 0.15) is 25.2 Å². The molecule has 1 amide bonds. The highest BCUT2D eigenvalue weighted by Crippen LogP contribution is 2.30. The third-order valence-corrected chi connectivity index (χ3v) is 5.98. The molecule has 2 aromatic heterocycles. The number of halogens is 3. The second-order valence-electron chi connectivity index (χ2n) is 8.65. The van der Waals surface area contributed by atoms with Crippen molar-refractivity contribution in [2.45, 2.75) is 38.7 Å². The SMILES string of the molecule is O=C(Cn1cc(-c2nnc(CN3CCCCC3)o2)c2ccccc21)Nc1ccc(OC(F)(F)F)cc1. The number of anilines is 1. The summed E-state index contributed by atoms with van der Waals surface area (Å²) in [5, 5.41) is 12.0. The molecule has 0 radical (unpaired) electrons. The van der Waals surface area contributed by atoms with Crippen LogP contribution in [0.3, 0.4) is 0 Å². The number of hydrogen-bond acceptors (Lipinski definition) is 6. The normalized spacial score (nSPS) is 14.8. The summed E-state index contributed by atoms with van der Waals surface area (Å²) in [7, 11) is 0. The minimum absolute atomic E-state index is 0.0178. The number of para-hydroxylation sites is 1. The first-order valence-corrected chi connectivity index (χ1v) is 11.6. The van der Waals surface area contributed by atoms with Crippen LogP contribution in [0.2, 0.25) is 0 Å². The van der Waals surface area contributed by atoms with Crippen molar-refractivity contribution in [1.82, 2.24) is 19.7 Å². The molecule has 0 spiro atoms. The van der Waals surface area contributed by atoms with Gasteiger partial charge in [0, 0.05) is 22.8 Å². The number of benzene rings is 2. The average molecular weight is 499 g/mol. The van der Waals surface area contributed by atoms with E-state index in [1.165, 1.54) is 31.4 Å². The fraction of sp³-hybridized carbons (Fsp3) is 0.320. The zero-order valence-electron chi connectivity index (χ0n) is 19.3. The van der Waals surface area contributed by atoms with Gasteiger partial charge in [0.25, 0.3) is 0 Å². The maximum atomic E-state index is 12.7. The lowest BCUT2D eigenvalue weighted by Gasteiger charge is -2.24. The number of likely N-dealkylation sites (tertiary alicyclic amines) is 1. The number of ether oxygens (including phenoxy) is 1. The zero-order chi connectivity index (χ0) is 25.1. The number of carbonyl (C=O) groups excluding carboxylic acids is 1. The summed E-state index contributed by atoms with van der Waals surface area (Å²) >= 11 is 0. The number of nitrogens with zero attached hydrogens (tertiary/aromatic N) is 4. The van der Waals surface area contributed by atoms with Crippen LogP contribution < -0.4 is 10.1 Å². The van der Waals surface area contributed by atoms with Crippen LogP contribution in [-0.2, 0) is 17.9 Å². The minimum Gasteiger partial charge on any atom is -0.419 e. The predicted octanol–water partition coefficient (Wildman–Crippen LogP) is 5.21. The van der Waals surface area contributed by atoms with Crippen LogP contribution in [0.25, 0.3) is 22.4 Å². The molecule has 1 aliphatic heterocycles. The molecule has 0 aliphatic carbocycles. The van der Waals surface area contributed by atoms with Gasteiger partial charge in [-0.05, 0) is 56.3 Å². The van der Waals surface area contributed by atoms with Gasteiger partial charge in [0.2, 0.25) is 17.7 Å². The highest BCUT2D eigenvalue weighted by molar-refractivity contribution is 5.96. The van der Waals surface area contributed by atoms with Gasteiger partial charge in [-0.2, -0.15) is 0 Å². The van der Waals surface area contributed by atoms with Crippen molar-refractivity contribution in [2.24, 2.45) is 0 Å². The standard InChI is InChI=1S/C25H24F3N5O3/c26-25(27,28)36-18-10-8-17(9-11-18)29-22(34)15-33-14-20(19-6-2-3-7-21(19)33)24-31-30-23(35-24)16-32-12-4-1-5-13-32/h2-3,6-11,14H,1,4-5,12-13,15-16H2,(H,29,34). The minimum atomic E-state index is -4.77. The van der Waals surface area contributed by atoms with E-state index in [1.54, 1.807) is 10.8 Å². The Morgan fingerprint density at radius 1 is 1.03 bits per heavy atom. The Morgan fingerprint density at radius 3 is 2.53 bits per heavy atom. The first-order valence-electron chi connectivity index (χ1n) is 11.6. The van der Waals surface area contributed by atoms with Gasteiger partial charge < -0.3 is 19.0 Å². The summed E-state index contributed by atoms with van der Waals surface area (Å²) in [6, 6.07) is 12.6. The van der Waals surface area contributed by atoms with Crippen molar-refractivity contribution in [3.8, 4) is 17.2 Å². The van der Waals surface area contributed by atoms with Gasteiger partial charge in [-0.1, -0.05) is 24.6 Å². The van der Waals surface area contributed by atoms with Crippen LogP contribution in [0.4, 0.5) is 18.9 Å². The van der Waals surface area contributed by atoms with E-state index in [9.17, 15) is 18.0 Å². The Bertz CT molecular complexity index is 1340. The molecule has 1 fully saturated rings. The topological polar surface area (TPSA) is 85.4 Å². The number of amides is 1. The monoisotopic (exact) mass is 499 g/mol. The van der Waals surface area contributed by atoms with Gasteiger partial charge in [-0.15, -0.1) is 23.4 Å². The molecule has 0 unspecified atom stereocenters. The van der Waals surface area contributed by atoms with E-state index in [-0.39, 0.29) is 18.2 Å². The van der Waals surface area contributed by atoms with Crippen molar-refractivity contribution in [3.05, 3.63) is 60.6 Å². The molecule has 8 nitrogen and oxygen atoms in total. The molecule has 0 saturated carbocycles. The molecule has 188 valence electrons. The number of nitrogens with one attached hydrogen (secondary N) is 1. The van der Waals surface area contributed by atoms with E-state index < -0.39 is 6.36 Å². The molecule has 0 atom stereocenters. The van der Waals surface area contributed by atoms with E-state index in [0.29, 0.717) is 24.0 Å². The van der Waals surface area contributed by atoms with Crippen LogP contribution in [-0.4, -0.2) is 45.0 Å². The molecular formula is C25H24F3N5O3. The number of carbonyl (C=O) groups is 1. The molecule has 2 aromatic carbocycles. The van der Waals surface area contributed by atoms with E-state index >= 15 is 0 Å². The van der Waals surface area contributed by atoms with Crippen molar-refractivity contribution in [3.63, 3.8) is 0 Å². The Balaban J connectivity index is 1.30. The average Bonchev–Trinajstić information content (AvgIpc) is 3.45. The number of piperidine rings is 1. The van der Waals surface area contributed by atoms with Crippen LogP contribution in [0, 0.1) is 0 Å². The summed E-state index contributed by atoms with van der Waals surface area (Å²) in [6.45, 7) is 2.63. The first kappa shape index (κ1) is 23.9. The largest absolute Gasteiger partial charge is 0.573 e. The lowest BCUT2D eigenvalue weighted by atomic mass is 10.1. The third kappa shape index (κ3) is 5.68. The lowest BCUT2D eigenvalue weighted by Crippen LogP contribution is -2.29. The van der Waals surface area contributed by atoms with Crippen molar-refractivity contribution >= 4 is 22.5 Å². The highest BCUT2D eigenvalue weighted by atomic mass is 19.4. The van der Waals surface area contributed by atoms with Gasteiger partial charge in [0.05, 0.1) is 12.1 Å². The molecule has 3 heterocycles. The number of alkyl halides is 3. The van der Waals surface area contributed by atoms with E-state index in [1.807, 2.05) is 24.3 Å². The molecule has 0 bridgehead atoms. The molecule has 1 N–H and O–H groups in total.